The molecular weight excluding hydrogens is 296 g/mol. The van der Waals surface area contributed by atoms with Crippen molar-refractivity contribution in [2.75, 3.05) is 34.4 Å². The van der Waals surface area contributed by atoms with Gasteiger partial charge in [0.15, 0.2) is 0 Å². The van der Waals surface area contributed by atoms with Gasteiger partial charge in [0.25, 0.3) is 0 Å². The molecule has 0 atom stereocenters. The fraction of sp³-hybridized carbons (Fsp3) is 0.500. The van der Waals surface area contributed by atoms with Gasteiger partial charge < -0.3 is 24.3 Å². The summed E-state index contributed by atoms with van der Waals surface area (Å²) in [5, 5.41) is 3.38. The second-order valence-electron chi connectivity index (χ2n) is 4.91. The van der Waals surface area contributed by atoms with Gasteiger partial charge in [-0.1, -0.05) is 36.4 Å². The van der Waals surface area contributed by atoms with Gasteiger partial charge in [-0.25, -0.2) is 0 Å². The molecule has 0 spiro atoms. The van der Waals surface area contributed by atoms with Crippen LogP contribution in [0.4, 0.5) is 0 Å². The van der Waals surface area contributed by atoms with Crippen molar-refractivity contribution in [1.82, 2.24) is 5.32 Å². The first kappa shape index (κ1) is 19.0. The highest BCUT2D eigenvalue weighted by Crippen LogP contribution is 2.14. The lowest BCUT2D eigenvalue weighted by Crippen LogP contribution is -2.43. The summed E-state index contributed by atoms with van der Waals surface area (Å²) >= 11 is 0. The van der Waals surface area contributed by atoms with Crippen molar-refractivity contribution in [3.05, 3.63) is 41.5 Å². The number of rotatable bonds is 11. The van der Waals surface area contributed by atoms with E-state index < -0.39 is 8.80 Å². The molecule has 1 aromatic carbocycles. The van der Waals surface area contributed by atoms with Crippen molar-refractivity contribution < 1.29 is 13.3 Å². The third-order valence-electron chi connectivity index (χ3n) is 3.60. The highest BCUT2D eigenvalue weighted by atomic mass is 28.4. The summed E-state index contributed by atoms with van der Waals surface area (Å²) in [6, 6.07) is 8.97. The van der Waals surface area contributed by atoms with Gasteiger partial charge in [-0.2, -0.15) is 0 Å². The van der Waals surface area contributed by atoms with Crippen molar-refractivity contribution in [2.45, 2.75) is 19.0 Å². The highest BCUT2D eigenvalue weighted by Gasteiger charge is 2.36. The molecule has 1 rings (SSSR count). The molecule has 0 saturated carbocycles. The van der Waals surface area contributed by atoms with Gasteiger partial charge in [0, 0.05) is 40.5 Å². The number of nitrogens with two attached hydrogens (primary N) is 1. The van der Waals surface area contributed by atoms with Gasteiger partial charge in [0.2, 0.25) is 0 Å². The van der Waals surface area contributed by atoms with Crippen molar-refractivity contribution >= 4 is 14.9 Å². The highest BCUT2D eigenvalue weighted by molar-refractivity contribution is 6.60. The Labute approximate surface area is 134 Å². The molecule has 0 amide bonds. The van der Waals surface area contributed by atoms with Crippen LogP contribution in [-0.4, -0.2) is 43.2 Å². The first-order valence-electron chi connectivity index (χ1n) is 7.52. The molecule has 0 aliphatic heterocycles. The number of benzene rings is 1. The maximum absolute atomic E-state index is 5.72. The van der Waals surface area contributed by atoms with Crippen molar-refractivity contribution in [2.24, 2.45) is 5.73 Å². The average Bonchev–Trinajstić information content (AvgIpc) is 2.58. The number of hydrogen-bond acceptors (Lipinski definition) is 5. The topological polar surface area (TPSA) is 65.7 Å². The van der Waals surface area contributed by atoms with E-state index in [1.165, 1.54) is 5.56 Å². The van der Waals surface area contributed by atoms with Gasteiger partial charge in [0.05, 0.1) is 0 Å². The molecule has 5 nitrogen and oxygen atoms in total. The minimum Gasteiger partial charge on any atom is -0.377 e. The lowest BCUT2D eigenvalue weighted by atomic mass is 10.1. The van der Waals surface area contributed by atoms with E-state index in [0.29, 0.717) is 6.54 Å². The summed E-state index contributed by atoms with van der Waals surface area (Å²) in [6.45, 7) is 2.28. The van der Waals surface area contributed by atoms with E-state index in [2.05, 4.69) is 29.6 Å². The van der Waals surface area contributed by atoms with E-state index in [-0.39, 0.29) is 0 Å². The molecule has 22 heavy (non-hydrogen) atoms. The number of hydrogen-bond donors (Lipinski definition) is 2. The van der Waals surface area contributed by atoms with Crippen LogP contribution in [0.5, 0.6) is 0 Å². The van der Waals surface area contributed by atoms with Crippen LogP contribution < -0.4 is 11.1 Å². The summed E-state index contributed by atoms with van der Waals surface area (Å²) in [7, 11) is 2.51. The van der Waals surface area contributed by atoms with Crippen LogP contribution in [0.1, 0.15) is 17.5 Å². The van der Waals surface area contributed by atoms with Crippen molar-refractivity contribution in [1.29, 1.82) is 0 Å². The fourth-order valence-corrected chi connectivity index (χ4v) is 3.96. The molecule has 6 heteroatoms. The van der Waals surface area contributed by atoms with Crippen LogP contribution in [0.25, 0.3) is 6.08 Å². The third-order valence-corrected chi connectivity index (χ3v) is 6.44. The predicted molar refractivity (Wildman–Crippen MR) is 92.4 cm³/mol. The average molecular weight is 324 g/mol. The SMILES string of the molecule is CO[Si](CCCNCC=Cc1ccccc1CN)(OC)OC. The second-order valence-corrected chi connectivity index (χ2v) is 8.00. The standard InChI is InChI=1S/C16H28N2O3Si/c1-19-22(20-2,21-3)13-7-12-18-11-6-10-15-8-4-5-9-16(15)14-17/h4-6,8-10,18H,7,11-14,17H2,1-3H3. The molecule has 0 fully saturated rings. The molecular formula is C16H28N2O3Si. The van der Waals surface area contributed by atoms with Crippen LogP contribution in [0, 0.1) is 0 Å². The van der Waals surface area contributed by atoms with E-state index in [1.54, 1.807) is 21.3 Å². The molecule has 0 aliphatic rings. The monoisotopic (exact) mass is 324 g/mol. The van der Waals surface area contributed by atoms with Gasteiger partial charge in [-0.05, 0) is 24.1 Å². The molecule has 3 N–H and O–H groups in total. The van der Waals surface area contributed by atoms with Crippen LogP contribution in [0.3, 0.4) is 0 Å². The van der Waals surface area contributed by atoms with E-state index in [0.717, 1.165) is 31.1 Å². The molecule has 0 heterocycles. The zero-order valence-electron chi connectivity index (χ0n) is 13.8. The largest absolute Gasteiger partial charge is 0.500 e. The van der Waals surface area contributed by atoms with Crippen molar-refractivity contribution in [3.8, 4) is 0 Å². The van der Waals surface area contributed by atoms with Gasteiger partial charge in [0.1, 0.15) is 0 Å². The van der Waals surface area contributed by atoms with E-state index >= 15 is 0 Å². The minimum absolute atomic E-state index is 0.561. The molecule has 1 aromatic rings. The predicted octanol–water partition coefficient (Wildman–Crippen LogP) is 2.02. The quantitative estimate of drug-likeness (QED) is 0.481. The van der Waals surface area contributed by atoms with Gasteiger partial charge in [-0.15, -0.1) is 0 Å². The van der Waals surface area contributed by atoms with Crippen LogP contribution in [0.2, 0.25) is 6.04 Å². The summed E-state index contributed by atoms with van der Waals surface area (Å²) in [5.41, 5.74) is 8.06. The summed E-state index contributed by atoms with van der Waals surface area (Å²) in [6.07, 6.45) is 5.17. The van der Waals surface area contributed by atoms with Crippen molar-refractivity contribution in [3.63, 3.8) is 0 Å². The molecule has 0 saturated heterocycles. The summed E-state index contributed by atoms with van der Waals surface area (Å²) in [4.78, 5) is 0. The van der Waals surface area contributed by atoms with Crippen LogP contribution >= 0.6 is 0 Å². The molecule has 124 valence electrons. The van der Waals surface area contributed by atoms with Gasteiger partial charge in [-0.3, -0.25) is 0 Å². The smallest absolute Gasteiger partial charge is 0.377 e. The zero-order valence-corrected chi connectivity index (χ0v) is 14.8. The van der Waals surface area contributed by atoms with E-state index in [1.807, 2.05) is 12.1 Å². The third kappa shape index (κ3) is 6.00. The van der Waals surface area contributed by atoms with Gasteiger partial charge >= 0.3 is 8.80 Å². The lowest BCUT2D eigenvalue weighted by Gasteiger charge is -2.24. The molecule has 0 radical (unpaired) electrons. The maximum atomic E-state index is 5.72. The normalized spacial score (nSPS) is 12.2. The Bertz CT molecular complexity index is 443. The number of nitrogens with one attached hydrogen (secondary N) is 1. The Hall–Kier alpha value is -1.02. The summed E-state index contributed by atoms with van der Waals surface area (Å²) in [5.74, 6) is 0. The van der Waals surface area contributed by atoms with Crippen LogP contribution in [0.15, 0.2) is 30.3 Å². The Morgan fingerprint density at radius 1 is 1.14 bits per heavy atom. The Balaban J connectivity index is 2.27. The molecule has 0 aliphatic carbocycles. The Morgan fingerprint density at radius 3 is 2.45 bits per heavy atom. The first-order valence-corrected chi connectivity index (χ1v) is 9.45. The minimum atomic E-state index is -2.42. The van der Waals surface area contributed by atoms with E-state index in [9.17, 15) is 0 Å². The molecule has 0 bridgehead atoms. The first-order chi connectivity index (χ1) is 10.7. The lowest BCUT2D eigenvalue weighted by molar-refractivity contribution is 0.123. The maximum Gasteiger partial charge on any atom is 0.500 e. The Kier molecular flexibility index (Phi) is 9.22. The van der Waals surface area contributed by atoms with E-state index in [4.69, 9.17) is 19.0 Å². The zero-order chi connectivity index (χ0) is 16.3. The van der Waals surface area contributed by atoms with Crippen LogP contribution in [-0.2, 0) is 19.8 Å². The second kappa shape index (κ2) is 10.7. The molecule has 0 aromatic heterocycles. The molecule has 0 unspecified atom stereocenters. The fourth-order valence-electron chi connectivity index (χ4n) is 2.24. The Morgan fingerprint density at radius 2 is 1.82 bits per heavy atom. The summed E-state index contributed by atoms with van der Waals surface area (Å²) < 4.78 is 16.2.